The Labute approximate surface area is 122 Å². The average molecular weight is 426 g/mol. The number of hydrogen-bond acceptors (Lipinski definition) is 0. The summed E-state index contributed by atoms with van der Waals surface area (Å²) >= 11 is 0. The number of quaternary nitrogens is 2. The van der Waals surface area contributed by atoms with Crippen LogP contribution in [0.4, 0.5) is 0 Å². The van der Waals surface area contributed by atoms with Gasteiger partial charge in [0.1, 0.15) is 0 Å². The maximum atomic E-state index is 2.39. The van der Waals surface area contributed by atoms with Crippen molar-refractivity contribution in [1.82, 2.24) is 0 Å². The molecule has 0 aromatic heterocycles. The Balaban J connectivity index is 0. The van der Waals surface area contributed by atoms with E-state index in [1.807, 2.05) is 0 Å². The SMILES string of the molecule is C1CC[NH2+]CC1.C1CC[NH2+]CC1.[I-].[I-]. The van der Waals surface area contributed by atoms with Crippen LogP contribution in [-0.2, 0) is 0 Å². The Morgan fingerprint density at radius 3 is 0.786 bits per heavy atom. The fourth-order valence-electron chi connectivity index (χ4n) is 1.80. The summed E-state index contributed by atoms with van der Waals surface area (Å²) in [6.45, 7) is 5.50. The molecule has 4 N–H and O–H groups in total. The van der Waals surface area contributed by atoms with Crippen molar-refractivity contribution in [3.05, 3.63) is 0 Å². The molecule has 0 atom stereocenters. The summed E-state index contributed by atoms with van der Waals surface area (Å²) < 4.78 is 0. The van der Waals surface area contributed by atoms with Crippen molar-refractivity contribution in [2.24, 2.45) is 0 Å². The zero-order valence-electron chi connectivity index (χ0n) is 8.98. The van der Waals surface area contributed by atoms with Gasteiger partial charge in [0.15, 0.2) is 0 Å². The van der Waals surface area contributed by atoms with Crippen molar-refractivity contribution < 1.29 is 58.6 Å². The van der Waals surface area contributed by atoms with Gasteiger partial charge in [-0.15, -0.1) is 0 Å². The molecule has 0 radical (unpaired) electrons. The summed E-state index contributed by atoms with van der Waals surface area (Å²) in [4.78, 5) is 0. The summed E-state index contributed by atoms with van der Waals surface area (Å²) in [6.07, 6.45) is 8.72. The minimum absolute atomic E-state index is 0. The minimum atomic E-state index is 0. The lowest BCUT2D eigenvalue weighted by Crippen LogP contribution is -3.00. The van der Waals surface area contributed by atoms with E-state index < -0.39 is 0 Å². The van der Waals surface area contributed by atoms with Gasteiger partial charge in [0.2, 0.25) is 0 Å². The van der Waals surface area contributed by atoms with Crippen LogP contribution in [0.25, 0.3) is 0 Å². The number of piperidine rings is 2. The van der Waals surface area contributed by atoms with Gasteiger partial charge in [-0.3, -0.25) is 0 Å². The number of rotatable bonds is 0. The second-order valence-corrected chi connectivity index (χ2v) is 3.85. The van der Waals surface area contributed by atoms with Gasteiger partial charge in [-0.25, -0.2) is 0 Å². The second kappa shape index (κ2) is 14.4. The first-order chi connectivity index (χ1) is 6.00. The Morgan fingerprint density at radius 1 is 0.429 bits per heavy atom. The van der Waals surface area contributed by atoms with E-state index in [-0.39, 0.29) is 48.0 Å². The van der Waals surface area contributed by atoms with E-state index >= 15 is 0 Å². The molecule has 0 aliphatic carbocycles. The maximum absolute atomic E-state index is 2.39. The third-order valence-corrected chi connectivity index (χ3v) is 2.63. The van der Waals surface area contributed by atoms with Gasteiger partial charge >= 0.3 is 0 Å². The third kappa shape index (κ3) is 11.5. The van der Waals surface area contributed by atoms with Crippen LogP contribution in [0, 0.1) is 0 Å². The Kier molecular flexibility index (Phi) is 18.2. The topological polar surface area (TPSA) is 33.2 Å². The molecule has 2 fully saturated rings. The second-order valence-electron chi connectivity index (χ2n) is 3.85. The van der Waals surface area contributed by atoms with Crippen LogP contribution < -0.4 is 58.6 Å². The van der Waals surface area contributed by atoms with Gasteiger partial charge in [0.05, 0.1) is 26.2 Å². The molecule has 14 heavy (non-hydrogen) atoms. The van der Waals surface area contributed by atoms with E-state index in [0.717, 1.165) is 0 Å². The molecule has 0 bridgehead atoms. The summed E-state index contributed by atoms with van der Waals surface area (Å²) in [5, 5.41) is 4.78. The lowest BCUT2D eigenvalue weighted by atomic mass is 10.2. The number of hydrogen-bond donors (Lipinski definition) is 2. The molecule has 2 heterocycles. The first-order valence-electron chi connectivity index (χ1n) is 5.63. The Morgan fingerprint density at radius 2 is 0.714 bits per heavy atom. The van der Waals surface area contributed by atoms with Gasteiger partial charge < -0.3 is 58.6 Å². The van der Waals surface area contributed by atoms with Crippen molar-refractivity contribution in [3.63, 3.8) is 0 Å². The molecule has 0 aromatic rings. The molecule has 88 valence electrons. The van der Waals surface area contributed by atoms with Crippen molar-refractivity contribution in [1.29, 1.82) is 0 Å². The molecule has 4 heteroatoms. The van der Waals surface area contributed by atoms with Crippen LogP contribution in [0.2, 0.25) is 0 Å². The smallest absolute Gasteiger partial charge is 0.0755 e. The van der Waals surface area contributed by atoms with E-state index in [4.69, 9.17) is 0 Å². The molecular weight excluding hydrogens is 402 g/mol. The third-order valence-electron chi connectivity index (χ3n) is 2.63. The summed E-state index contributed by atoms with van der Waals surface area (Å²) in [5.74, 6) is 0. The van der Waals surface area contributed by atoms with E-state index in [9.17, 15) is 0 Å². The number of nitrogens with two attached hydrogens (primary N) is 2. The van der Waals surface area contributed by atoms with E-state index in [0.29, 0.717) is 0 Å². The fraction of sp³-hybridized carbons (Fsp3) is 1.00. The standard InChI is InChI=1S/2C5H11N.2HI/c2*1-2-4-6-5-3-1;;/h2*6H,1-5H2;2*1H. The minimum Gasteiger partial charge on any atom is -1.00 e. The zero-order chi connectivity index (χ0) is 8.49. The molecule has 0 spiro atoms. The molecule has 2 nitrogen and oxygen atoms in total. The number of halogens is 2. The normalized spacial score (nSPS) is 20.6. The molecule has 2 aliphatic heterocycles. The van der Waals surface area contributed by atoms with E-state index in [1.165, 1.54) is 64.7 Å². The van der Waals surface area contributed by atoms with Crippen molar-refractivity contribution in [2.45, 2.75) is 38.5 Å². The van der Waals surface area contributed by atoms with Gasteiger partial charge in [0, 0.05) is 0 Å². The largest absolute Gasteiger partial charge is 1.00 e. The van der Waals surface area contributed by atoms with Gasteiger partial charge in [0.25, 0.3) is 0 Å². The lowest BCUT2D eigenvalue weighted by molar-refractivity contribution is -0.662. The van der Waals surface area contributed by atoms with Crippen LogP contribution in [0.1, 0.15) is 38.5 Å². The highest BCUT2D eigenvalue weighted by Gasteiger charge is 1.98. The highest BCUT2D eigenvalue weighted by atomic mass is 127. The predicted molar refractivity (Wildman–Crippen MR) is 51.0 cm³/mol. The van der Waals surface area contributed by atoms with Crippen LogP contribution in [-0.4, -0.2) is 26.2 Å². The molecule has 0 saturated carbocycles. The molecule has 0 amide bonds. The van der Waals surface area contributed by atoms with Gasteiger partial charge in [-0.05, 0) is 38.5 Å². The van der Waals surface area contributed by atoms with Gasteiger partial charge in [-0.2, -0.15) is 0 Å². The first-order valence-corrected chi connectivity index (χ1v) is 5.63. The lowest BCUT2D eigenvalue weighted by Gasteiger charge is -2.05. The summed E-state index contributed by atoms with van der Waals surface area (Å²) in [7, 11) is 0. The van der Waals surface area contributed by atoms with Crippen LogP contribution in [0.5, 0.6) is 0 Å². The Hall–Kier alpha value is 1.38. The highest BCUT2D eigenvalue weighted by Crippen LogP contribution is 1.91. The van der Waals surface area contributed by atoms with E-state index in [1.54, 1.807) is 0 Å². The summed E-state index contributed by atoms with van der Waals surface area (Å²) in [5.41, 5.74) is 0. The summed E-state index contributed by atoms with van der Waals surface area (Å²) in [6, 6.07) is 0. The van der Waals surface area contributed by atoms with Crippen LogP contribution in [0.3, 0.4) is 0 Å². The zero-order valence-corrected chi connectivity index (χ0v) is 13.3. The first kappa shape index (κ1) is 17.8. The monoisotopic (exact) mass is 426 g/mol. The highest BCUT2D eigenvalue weighted by molar-refractivity contribution is 4.41. The molecule has 2 aliphatic rings. The van der Waals surface area contributed by atoms with Crippen molar-refractivity contribution >= 4 is 0 Å². The molecule has 2 saturated heterocycles. The van der Waals surface area contributed by atoms with E-state index in [2.05, 4.69) is 10.6 Å². The molecule has 0 aromatic carbocycles. The molecular formula is C10H24I2N2. The quantitative estimate of drug-likeness (QED) is 0.362. The van der Waals surface area contributed by atoms with Crippen LogP contribution >= 0.6 is 0 Å². The predicted octanol–water partition coefficient (Wildman–Crippen LogP) is -6.52. The van der Waals surface area contributed by atoms with Crippen molar-refractivity contribution in [3.8, 4) is 0 Å². The average Bonchev–Trinajstić information content (AvgIpc) is 2.24. The van der Waals surface area contributed by atoms with Gasteiger partial charge in [-0.1, -0.05) is 0 Å². The molecule has 2 rings (SSSR count). The maximum Gasteiger partial charge on any atom is 0.0755 e. The Bertz CT molecular complexity index is 59.1. The molecule has 0 unspecified atom stereocenters. The fourth-order valence-corrected chi connectivity index (χ4v) is 1.80. The van der Waals surface area contributed by atoms with Crippen molar-refractivity contribution in [2.75, 3.05) is 26.2 Å². The van der Waals surface area contributed by atoms with Crippen LogP contribution in [0.15, 0.2) is 0 Å².